The van der Waals surface area contributed by atoms with Gasteiger partial charge in [-0.1, -0.05) is 12.1 Å². The van der Waals surface area contributed by atoms with E-state index in [2.05, 4.69) is 10.2 Å². The molecule has 1 atom stereocenters. The number of benzene rings is 1. The van der Waals surface area contributed by atoms with Crippen LogP contribution in [0.4, 0.5) is 13.2 Å². The molecule has 100 valence electrons. The van der Waals surface area contributed by atoms with E-state index in [9.17, 15) is 18.0 Å². The number of aryl methyl sites for hydroxylation is 1. The molecule has 1 aromatic heterocycles. The number of fused-ring (bicyclic) bond motifs is 1. The molecule has 0 aliphatic carbocycles. The minimum Gasteiger partial charge on any atom is -0.271 e. The first-order chi connectivity index (χ1) is 8.97. The van der Waals surface area contributed by atoms with E-state index in [-0.39, 0.29) is 11.7 Å². The van der Waals surface area contributed by atoms with Crippen LogP contribution in [-0.2, 0) is 12.6 Å². The Morgan fingerprint density at radius 3 is 2.89 bits per heavy atom. The summed E-state index contributed by atoms with van der Waals surface area (Å²) in [5.41, 5.74) is -0.595. The van der Waals surface area contributed by atoms with Crippen LogP contribution < -0.4 is 5.69 Å². The van der Waals surface area contributed by atoms with E-state index in [4.69, 9.17) is 0 Å². The second kappa shape index (κ2) is 3.97. The van der Waals surface area contributed by atoms with Gasteiger partial charge in [0.25, 0.3) is 0 Å². The Kier molecular flexibility index (Phi) is 2.51. The number of aromatic amines is 1. The van der Waals surface area contributed by atoms with E-state index in [0.717, 1.165) is 12.1 Å². The number of H-pyrrole nitrogens is 1. The smallest absolute Gasteiger partial charge is 0.271 e. The molecule has 1 aliphatic heterocycles. The van der Waals surface area contributed by atoms with Crippen LogP contribution in [0, 0.1) is 0 Å². The van der Waals surface area contributed by atoms with Gasteiger partial charge in [-0.2, -0.15) is 18.3 Å². The van der Waals surface area contributed by atoms with Crippen LogP contribution in [0.15, 0.2) is 29.1 Å². The molecule has 0 saturated heterocycles. The summed E-state index contributed by atoms with van der Waals surface area (Å²) >= 11 is 0. The van der Waals surface area contributed by atoms with Crippen molar-refractivity contribution >= 4 is 0 Å². The van der Waals surface area contributed by atoms with Crippen molar-refractivity contribution in [3.05, 3.63) is 51.7 Å². The predicted molar refractivity (Wildman–Crippen MR) is 60.8 cm³/mol. The third kappa shape index (κ3) is 1.94. The van der Waals surface area contributed by atoms with E-state index >= 15 is 0 Å². The molecule has 0 saturated carbocycles. The van der Waals surface area contributed by atoms with Crippen LogP contribution in [-0.4, -0.2) is 14.8 Å². The zero-order chi connectivity index (χ0) is 13.6. The van der Waals surface area contributed by atoms with E-state index in [1.807, 2.05) is 0 Å². The van der Waals surface area contributed by atoms with Gasteiger partial charge in [-0.15, -0.1) is 0 Å². The number of hydrogen-bond donors (Lipinski definition) is 1. The Morgan fingerprint density at radius 1 is 1.37 bits per heavy atom. The lowest BCUT2D eigenvalue weighted by Gasteiger charge is -2.14. The molecular formula is C12H10F3N3O. The Hall–Kier alpha value is -2.05. The average Bonchev–Trinajstić information content (AvgIpc) is 2.92. The SMILES string of the molecule is O=c1[nH]nc2n1C(c1cccc(C(F)(F)F)c1)CC2. The molecule has 0 radical (unpaired) electrons. The summed E-state index contributed by atoms with van der Waals surface area (Å²) < 4.78 is 39.5. The molecule has 1 N–H and O–H groups in total. The first-order valence-electron chi connectivity index (χ1n) is 5.80. The van der Waals surface area contributed by atoms with Crippen molar-refractivity contribution in [1.29, 1.82) is 0 Å². The molecule has 2 aromatic rings. The molecule has 0 amide bonds. The van der Waals surface area contributed by atoms with Gasteiger partial charge < -0.3 is 0 Å². The quantitative estimate of drug-likeness (QED) is 0.862. The maximum atomic E-state index is 12.7. The summed E-state index contributed by atoms with van der Waals surface area (Å²) in [6.45, 7) is 0. The number of hydrogen-bond acceptors (Lipinski definition) is 2. The standard InChI is InChI=1S/C12H10F3N3O/c13-12(14,15)8-3-1-2-7(6-8)9-4-5-10-16-17-11(19)18(9)10/h1-3,6,9H,4-5H2,(H,17,19). The number of rotatable bonds is 1. The largest absolute Gasteiger partial charge is 0.416 e. The molecule has 0 fully saturated rings. The number of halogens is 3. The lowest BCUT2D eigenvalue weighted by Crippen LogP contribution is -2.21. The highest BCUT2D eigenvalue weighted by atomic mass is 19.4. The Morgan fingerprint density at radius 2 is 2.16 bits per heavy atom. The van der Waals surface area contributed by atoms with E-state index in [0.29, 0.717) is 24.2 Å². The Labute approximate surface area is 105 Å². The van der Waals surface area contributed by atoms with Crippen molar-refractivity contribution in [2.75, 3.05) is 0 Å². The molecule has 3 rings (SSSR count). The average molecular weight is 269 g/mol. The Bertz CT molecular complexity index is 671. The van der Waals surface area contributed by atoms with Gasteiger partial charge in [0.1, 0.15) is 5.82 Å². The normalized spacial score (nSPS) is 18.6. The molecule has 0 bridgehead atoms. The predicted octanol–water partition coefficient (Wildman–Crippen LogP) is 2.13. The molecular weight excluding hydrogens is 259 g/mol. The maximum absolute atomic E-state index is 12.7. The van der Waals surface area contributed by atoms with Gasteiger partial charge in [-0.05, 0) is 24.1 Å². The van der Waals surface area contributed by atoms with Crippen LogP contribution in [0.5, 0.6) is 0 Å². The molecule has 19 heavy (non-hydrogen) atoms. The number of aromatic nitrogens is 3. The number of nitrogens with one attached hydrogen (secondary N) is 1. The topological polar surface area (TPSA) is 50.7 Å². The van der Waals surface area contributed by atoms with E-state index in [1.54, 1.807) is 6.07 Å². The van der Waals surface area contributed by atoms with Crippen LogP contribution in [0.3, 0.4) is 0 Å². The zero-order valence-electron chi connectivity index (χ0n) is 9.74. The molecule has 0 spiro atoms. The third-order valence-electron chi connectivity index (χ3n) is 3.33. The van der Waals surface area contributed by atoms with Crippen molar-refractivity contribution < 1.29 is 13.2 Å². The van der Waals surface area contributed by atoms with Gasteiger partial charge in [-0.3, -0.25) is 4.57 Å². The molecule has 1 unspecified atom stereocenters. The fourth-order valence-corrected chi connectivity index (χ4v) is 2.47. The summed E-state index contributed by atoms with van der Waals surface area (Å²) in [5, 5.41) is 6.17. The summed E-state index contributed by atoms with van der Waals surface area (Å²) in [5.74, 6) is 0.590. The lowest BCUT2D eigenvalue weighted by molar-refractivity contribution is -0.137. The van der Waals surface area contributed by atoms with Gasteiger partial charge >= 0.3 is 11.9 Å². The fraction of sp³-hybridized carbons (Fsp3) is 0.333. The minimum absolute atomic E-state index is 0.372. The van der Waals surface area contributed by atoms with Crippen LogP contribution in [0.2, 0.25) is 0 Å². The highest BCUT2D eigenvalue weighted by Gasteiger charge is 2.32. The van der Waals surface area contributed by atoms with Crippen molar-refractivity contribution in [3.63, 3.8) is 0 Å². The molecule has 4 nitrogen and oxygen atoms in total. The van der Waals surface area contributed by atoms with Gasteiger partial charge in [0.2, 0.25) is 0 Å². The molecule has 2 heterocycles. The van der Waals surface area contributed by atoms with Crippen molar-refractivity contribution in [1.82, 2.24) is 14.8 Å². The van der Waals surface area contributed by atoms with Crippen LogP contribution in [0.1, 0.15) is 29.4 Å². The second-order valence-corrected chi connectivity index (χ2v) is 4.49. The lowest BCUT2D eigenvalue weighted by atomic mass is 10.0. The molecule has 1 aliphatic rings. The van der Waals surface area contributed by atoms with E-state index in [1.165, 1.54) is 10.6 Å². The van der Waals surface area contributed by atoms with Gasteiger partial charge in [-0.25, -0.2) is 9.89 Å². The maximum Gasteiger partial charge on any atom is 0.416 e. The third-order valence-corrected chi connectivity index (χ3v) is 3.33. The van der Waals surface area contributed by atoms with Crippen molar-refractivity contribution in [2.45, 2.75) is 25.1 Å². The van der Waals surface area contributed by atoms with Crippen molar-refractivity contribution in [2.24, 2.45) is 0 Å². The summed E-state index contributed by atoms with van der Waals surface area (Å²) in [4.78, 5) is 11.6. The first kappa shape index (κ1) is 12.0. The monoisotopic (exact) mass is 269 g/mol. The summed E-state index contributed by atoms with van der Waals surface area (Å²) in [6.07, 6.45) is -3.20. The summed E-state index contributed by atoms with van der Waals surface area (Å²) in [6, 6.07) is 4.72. The van der Waals surface area contributed by atoms with Gasteiger partial charge in [0.05, 0.1) is 11.6 Å². The highest BCUT2D eigenvalue weighted by molar-refractivity contribution is 5.29. The van der Waals surface area contributed by atoms with Crippen molar-refractivity contribution in [3.8, 4) is 0 Å². The first-order valence-corrected chi connectivity index (χ1v) is 5.80. The fourth-order valence-electron chi connectivity index (χ4n) is 2.47. The zero-order valence-corrected chi connectivity index (χ0v) is 9.74. The second-order valence-electron chi connectivity index (χ2n) is 4.49. The molecule has 7 heteroatoms. The highest BCUT2D eigenvalue weighted by Crippen LogP contribution is 2.34. The van der Waals surface area contributed by atoms with Gasteiger partial charge in [0.15, 0.2) is 0 Å². The number of alkyl halides is 3. The molecule has 1 aromatic carbocycles. The number of nitrogens with zero attached hydrogens (tertiary/aromatic N) is 2. The Balaban J connectivity index is 2.05. The summed E-state index contributed by atoms with van der Waals surface area (Å²) in [7, 11) is 0. The van der Waals surface area contributed by atoms with Crippen LogP contribution >= 0.6 is 0 Å². The van der Waals surface area contributed by atoms with Gasteiger partial charge in [0, 0.05) is 6.42 Å². The van der Waals surface area contributed by atoms with Crippen LogP contribution in [0.25, 0.3) is 0 Å². The minimum atomic E-state index is -4.38. The van der Waals surface area contributed by atoms with E-state index < -0.39 is 11.7 Å².